The fraction of sp³-hybridized carbons (Fsp3) is 0.200. The largest absolute Gasteiger partial charge is 0.416 e. The predicted molar refractivity (Wildman–Crippen MR) is 101 cm³/mol. The third-order valence-corrected chi connectivity index (χ3v) is 4.07. The van der Waals surface area contributed by atoms with Crippen LogP contribution < -0.4 is 10.9 Å². The van der Waals surface area contributed by atoms with E-state index in [0.29, 0.717) is 12.1 Å². The lowest BCUT2D eigenvalue weighted by Gasteiger charge is -2.10. The summed E-state index contributed by atoms with van der Waals surface area (Å²) >= 11 is 0. The first-order chi connectivity index (χ1) is 13.8. The van der Waals surface area contributed by atoms with Crippen LogP contribution in [-0.2, 0) is 17.5 Å². The van der Waals surface area contributed by atoms with E-state index in [1.807, 2.05) is 6.07 Å². The number of halogens is 3. The maximum Gasteiger partial charge on any atom is 0.416 e. The maximum absolute atomic E-state index is 12.7. The minimum atomic E-state index is -4.48. The van der Waals surface area contributed by atoms with Gasteiger partial charge in [0.25, 0.3) is 5.56 Å². The van der Waals surface area contributed by atoms with Crippen molar-refractivity contribution in [3.05, 3.63) is 76.8 Å². The summed E-state index contributed by atoms with van der Waals surface area (Å²) in [5.74, 6) is -0.444. The molecule has 150 valence electrons. The lowest BCUT2D eigenvalue weighted by molar-refractivity contribution is -0.137. The number of hydrogen-bond acceptors (Lipinski definition) is 4. The number of amides is 1. The first-order valence-electron chi connectivity index (χ1n) is 8.78. The maximum atomic E-state index is 12.7. The Balaban J connectivity index is 1.59. The molecule has 9 heteroatoms. The number of nitrogens with zero attached hydrogens (tertiary/aromatic N) is 3. The number of pyridine rings is 1. The van der Waals surface area contributed by atoms with Gasteiger partial charge in [-0.1, -0.05) is 6.07 Å². The summed E-state index contributed by atoms with van der Waals surface area (Å²) in [6.07, 6.45) is -0.898. The van der Waals surface area contributed by atoms with E-state index < -0.39 is 17.6 Å². The molecule has 0 aliphatic heterocycles. The molecule has 0 saturated carbocycles. The zero-order chi connectivity index (χ0) is 20.9. The summed E-state index contributed by atoms with van der Waals surface area (Å²) in [6, 6.07) is 11.0. The number of carbonyl (C=O) groups excluding carboxylic acids is 1. The Morgan fingerprint density at radius 1 is 1.10 bits per heavy atom. The Bertz CT molecular complexity index is 1050. The second-order valence-electron chi connectivity index (χ2n) is 6.25. The molecule has 3 aromatic rings. The molecule has 1 aromatic carbocycles. The van der Waals surface area contributed by atoms with Gasteiger partial charge in [-0.25, -0.2) is 4.68 Å². The molecule has 0 aliphatic rings. The predicted octanol–water partition coefficient (Wildman–Crippen LogP) is 3.74. The highest BCUT2D eigenvalue weighted by molar-refractivity contribution is 5.90. The molecule has 29 heavy (non-hydrogen) atoms. The van der Waals surface area contributed by atoms with Gasteiger partial charge in [-0.2, -0.15) is 18.3 Å². The summed E-state index contributed by atoms with van der Waals surface area (Å²) < 4.78 is 39.4. The number of aromatic nitrogens is 3. The van der Waals surface area contributed by atoms with Crippen LogP contribution in [0, 0.1) is 0 Å². The van der Waals surface area contributed by atoms with E-state index >= 15 is 0 Å². The van der Waals surface area contributed by atoms with Crippen LogP contribution in [0.15, 0.2) is 65.7 Å². The molecule has 0 spiro atoms. The molecule has 0 atom stereocenters. The van der Waals surface area contributed by atoms with Crippen molar-refractivity contribution in [2.45, 2.75) is 25.6 Å². The van der Waals surface area contributed by atoms with Crippen molar-refractivity contribution in [3.8, 4) is 11.3 Å². The van der Waals surface area contributed by atoms with E-state index in [1.54, 1.807) is 24.5 Å². The van der Waals surface area contributed by atoms with Gasteiger partial charge < -0.3 is 5.32 Å². The standard InChI is InChI=1S/C20H17F3N4O2/c21-20(22,23)15-5-1-6-16(12-15)25-18(28)7-3-11-27-19(29)9-8-17(26-27)14-4-2-10-24-13-14/h1-2,4-6,8-10,12-13H,3,7,11H2,(H,25,28). The molecule has 0 unspecified atom stereocenters. The number of alkyl halides is 3. The second-order valence-corrected chi connectivity index (χ2v) is 6.25. The molecule has 0 saturated heterocycles. The smallest absolute Gasteiger partial charge is 0.326 e. The summed E-state index contributed by atoms with van der Waals surface area (Å²) in [4.78, 5) is 28.0. The van der Waals surface area contributed by atoms with Crippen molar-refractivity contribution in [1.82, 2.24) is 14.8 Å². The van der Waals surface area contributed by atoms with E-state index in [0.717, 1.165) is 17.7 Å². The molecular weight excluding hydrogens is 385 g/mol. The molecule has 0 aliphatic carbocycles. The minimum absolute atomic E-state index is 0.0293. The molecule has 0 bridgehead atoms. The van der Waals surface area contributed by atoms with Crippen molar-refractivity contribution in [3.63, 3.8) is 0 Å². The molecule has 1 N–H and O–H groups in total. The van der Waals surface area contributed by atoms with Crippen molar-refractivity contribution >= 4 is 11.6 Å². The highest BCUT2D eigenvalue weighted by atomic mass is 19.4. The molecule has 1 amide bonds. The lowest BCUT2D eigenvalue weighted by Crippen LogP contribution is -2.23. The Kier molecular flexibility index (Phi) is 6.06. The van der Waals surface area contributed by atoms with Crippen molar-refractivity contribution in [2.75, 3.05) is 5.32 Å². The molecule has 2 aromatic heterocycles. The monoisotopic (exact) mass is 402 g/mol. The third kappa shape index (κ3) is 5.50. The highest BCUT2D eigenvalue weighted by Crippen LogP contribution is 2.30. The van der Waals surface area contributed by atoms with Gasteiger partial charge in [0.2, 0.25) is 5.91 Å². The fourth-order valence-corrected chi connectivity index (χ4v) is 2.66. The van der Waals surface area contributed by atoms with E-state index in [-0.39, 0.29) is 24.2 Å². The summed E-state index contributed by atoms with van der Waals surface area (Å²) in [5, 5.41) is 6.71. The topological polar surface area (TPSA) is 76.9 Å². The zero-order valence-corrected chi connectivity index (χ0v) is 15.2. The van der Waals surface area contributed by atoms with Crippen LogP contribution in [0.3, 0.4) is 0 Å². The van der Waals surface area contributed by atoms with Crippen molar-refractivity contribution in [2.24, 2.45) is 0 Å². The van der Waals surface area contributed by atoms with E-state index in [4.69, 9.17) is 0 Å². The van der Waals surface area contributed by atoms with Crippen LogP contribution in [0.4, 0.5) is 18.9 Å². The van der Waals surface area contributed by atoms with Crippen molar-refractivity contribution < 1.29 is 18.0 Å². The SMILES string of the molecule is O=C(CCCn1nc(-c2cccnc2)ccc1=O)Nc1cccc(C(F)(F)F)c1. The first-order valence-corrected chi connectivity index (χ1v) is 8.78. The molecule has 6 nitrogen and oxygen atoms in total. The van der Waals surface area contributed by atoms with E-state index in [1.165, 1.54) is 22.9 Å². The van der Waals surface area contributed by atoms with Gasteiger partial charge in [0.05, 0.1) is 11.3 Å². The molecular formula is C20H17F3N4O2. The Morgan fingerprint density at radius 3 is 2.66 bits per heavy atom. The summed E-state index contributed by atoms with van der Waals surface area (Å²) in [6.45, 7) is 0.197. The Hall–Kier alpha value is -3.49. The summed E-state index contributed by atoms with van der Waals surface area (Å²) in [7, 11) is 0. The van der Waals surface area contributed by atoms with Gasteiger partial charge in [-0.15, -0.1) is 0 Å². The molecule has 0 radical (unpaired) electrons. The average molecular weight is 402 g/mol. The normalized spacial score (nSPS) is 11.3. The molecule has 0 fully saturated rings. The van der Waals surface area contributed by atoms with Crippen LogP contribution in [0.25, 0.3) is 11.3 Å². The van der Waals surface area contributed by atoms with E-state index in [9.17, 15) is 22.8 Å². The summed E-state index contributed by atoms with van der Waals surface area (Å²) in [5.41, 5.74) is 0.252. The molecule has 2 heterocycles. The Labute approximate surface area is 164 Å². The zero-order valence-electron chi connectivity index (χ0n) is 15.2. The average Bonchev–Trinajstić information content (AvgIpc) is 2.69. The number of aryl methyl sites for hydroxylation is 1. The minimum Gasteiger partial charge on any atom is -0.326 e. The highest BCUT2D eigenvalue weighted by Gasteiger charge is 2.30. The number of rotatable bonds is 6. The van der Waals surface area contributed by atoms with Gasteiger partial charge in [0, 0.05) is 42.7 Å². The number of carbonyl (C=O) groups is 1. The van der Waals surface area contributed by atoms with Gasteiger partial charge in [-0.3, -0.25) is 14.6 Å². The van der Waals surface area contributed by atoms with Gasteiger partial charge in [0.15, 0.2) is 0 Å². The van der Waals surface area contributed by atoms with Crippen LogP contribution in [-0.4, -0.2) is 20.7 Å². The van der Waals surface area contributed by atoms with Gasteiger partial charge in [-0.05, 0) is 42.8 Å². The van der Waals surface area contributed by atoms with Crippen molar-refractivity contribution in [1.29, 1.82) is 0 Å². The van der Waals surface area contributed by atoms with E-state index in [2.05, 4.69) is 15.4 Å². The van der Waals surface area contributed by atoms with Gasteiger partial charge in [0.1, 0.15) is 0 Å². The second kappa shape index (κ2) is 8.68. The number of hydrogen-bond donors (Lipinski definition) is 1. The third-order valence-electron chi connectivity index (χ3n) is 4.07. The number of benzene rings is 1. The lowest BCUT2D eigenvalue weighted by atomic mass is 10.2. The quantitative estimate of drug-likeness (QED) is 0.681. The number of nitrogens with one attached hydrogen (secondary N) is 1. The molecule has 3 rings (SSSR count). The van der Waals surface area contributed by atoms with Crippen LogP contribution in [0.2, 0.25) is 0 Å². The van der Waals surface area contributed by atoms with Crippen LogP contribution in [0.1, 0.15) is 18.4 Å². The van der Waals surface area contributed by atoms with Crippen LogP contribution in [0.5, 0.6) is 0 Å². The fourth-order valence-electron chi connectivity index (χ4n) is 2.66. The first kappa shape index (κ1) is 20.2. The van der Waals surface area contributed by atoms with Gasteiger partial charge >= 0.3 is 6.18 Å². The Morgan fingerprint density at radius 2 is 1.93 bits per heavy atom. The number of anilines is 1. The van der Waals surface area contributed by atoms with Crippen LogP contribution >= 0.6 is 0 Å².